The third kappa shape index (κ3) is 3.00. The van der Waals surface area contributed by atoms with E-state index in [4.69, 9.17) is 0 Å². The molecule has 0 aromatic rings. The van der Waals surface area contributed by atoms with Crippen LogP contribution in [0.15, 0.2) is 0 Å². The zero-order chi connectivity index (χ0) is 11.6. The van der Waals surface area contributed by atoms with Crippen molar-refractivity contribution in [1.29, 1.82) is 0 Å². The van der Waals surface area contributed by atoms with E-state index in [-0.39, 0.29) is 5.60 Å². The van der Waals surface area contributed by atoms with Crippen LogP contribution in [0.3, 0.4) is 0 Å². The van der Waals surface area contributed by atoms with Gasteiger partial charge in [0.15, 0.2) is 0 Å². The van der Waals surface area contributed by atoms with Crippen molar-refractivity contribution in [2.45, 2.75) is 77.2 Å². The van der Waals surface area contributed by atoms with E-state index < -0.39 is 0 Å². The maximum Gasteiger partial charge on any atom is 0.0703 e. The molecule has 2 fully saturated rings. The van der Waals surface area contributed by atoms with Crippen LogP contribution in [0.1, 0.15) is 71.6 Å². The van der Waals surface area contributed by atoms with E-state index >= 15 is 0 Å². The third-order valence-corrected chi connectivity index (χ3v) is 4.66. The third-order valence-electron chi connectivity index (χ3n) is 4.66. The van der Waals surface area contributed by atoms with Crippen molar-refractivity contribution in [2.24, 2.45) is 17.8 Å². The summed E-state index contributed by atoms with van der Waals surface area (Å²) in [4.78, 5) is 0. The van der Waals surface area contributed by atoms with Gasteiger partial charge in [-0.25, -0.2) is 0 Å². The number of hydrogen-bond donors (Lipinski definition) is 1. The molecule has 0 saturated heterocycles. The Balaban J connectivity index is 1.73. The van der Waals surface area contributed by atoms with E-state index in [1.807, 2.05) is 0 Å². The van der Waals surface area contributed by atoms with Gasteiger partial charge in [-0.15, -0.1) is 0 Å². The van der Waals surface area contributed by atoms with Crippen LogP contribution >= 0.6 is 0 Å². The fourth-order valence-electron chi connectivity index (χ4n) is 3.08. The Labute approximate surface area is 101 Å². The maximum atomic E-state index is 10.8. The fraction of sp³-hybridized carbons (Fsp3) is 1.00. The molecular weight excluding hydrogens is 196 g/mol. The summed E-state index contributed by atoms with van der Waals surface area (Å²) in [6, 6.07) is 0. The molecule has 0 aliphatic heterocycles. The monoisotopic (exact) mass is 224 g/mol. The highest BCUT2D eigenvalue weighted by Crippen LogP contribution is 2.54. The van der Waals surface area contributed by atoms with E-state index in [1.54, 1.807) is 0 Å². The van der Waals surface area contributed by atoms with Crippen LogP contribution in [-0.2, 0) is 0 Å². The van der Waals surface area contributed by atoms with Crippen LogP contribution in [-0.4, -0.2) is 10.7 Å². The lowest BCUT2D eigenvalue weighted by Crippen LogP contribution is -2.34. The topological polar surface area (TPSA) is 20.2 Å². The summed E-state index contributed by atoms with van der Waals surface area (Å²) in [5, 5.41) is 10.8. The van der Waals surface area contributed by atoms with Crippen LogP contribution in [0.5, 0.6) is 0 Å². The predicted molar refractivity (Wildman–Crippen MR) is 68.3 cm³/mol. The number of unbranched alkanes of at least 4 members (excludes halogenated alkanes) is 1. The highest BCUT2D eigenvalue weighted by molar-refractivity contribution is 5.03. The van der Waals surface area contributed by atoms with Gasteiger partial charge in [-0.1, -0.05) is 33.1 Å². The Morgan fingerprint density at radius 1 is 1.12 bits per heavy atom. The van der Waals surface area contributed by atoms with Crippen molar-refractivity contribution in [3.63, 3.8) is 0 Å². The molecule has 0 heterocycles. The summed E-state index contributed by atoms with van der Waals surface area (Å²) >= 11 is 0. The number of aliphatic hydroxyl groups is 1. The molecule has 2 saturated carbocycles. The minimum Gasteiger partial charge on any atom is -0.389 e. The molecule has 16 heavy (non-hydrogen) atoms. The molecule has 1 nitrogen and oxygen atoms in total. The Kier molecular flexibility index (Phi) is 3.94. The minimum absolute atomic E-state index is 0.250. The normalized spacial score (nSPS) is 23.4. The summed E-state index contributed by atoms with van der Waals surface area (Å²) in [5.41, 5.74) is -0.250. The van der Waals surface area contributed by atoms with Gasteiger partial charge in [-0.05, 0) is 56.3 Å². The molecule has 0 radical (unpaired) electrons. The van der Waals surface area contributed by atoms with Gasteiger partial charge in [0.05, 0.1) is 5.60 Å². The SMILES string of the molecule is CCCCC(C)CCC(O)(C1CC1)C1CC1. The van der Waals surface area contributed by atoms with Crippen molar-refractivity contribution in [2.75, 3.05) is 0 Å². The molecule has 0 amide bonds. The highest BCUT2D eigenvalue weighted by Gasteiger charge is 2.52. The summed E-state index contributed by atoms with van der Waals surface area (Å²) < 4.78 is 0. The molecule has 1 N–H and O–H groups in total. The summed E-state index contributed by atoms with van der Waals surface area (Å²) in [5.74, 6) is 2.14. The van der Waals surface area contributed by atoms with Gasteiger partial charge in [0.1, 0.15) is 0 Å². The van der Waals surface area contributed by atoms with E-state index in [9.17, 15) is 5.11 Å². The first-order valence-electron chi connectivity index (χ1n) is 7.39. The first kappa shape index (κ1) is 12.4. The smallest absolute Gasteiger partial charge is 0.0703 e. The Morgan fingerprint density at radius 2 is 1.69 bits per heavy atom. The predicted octanol–water partition coefficient (Wildman–Crippen LogP) is 4.14. The number of hydrogen-bond acceptors (Lipinski definition) is 1. The molecule has 2 rings (SSSR count). The van der Waals surface area contributed by atoms with Gasteiger partial charge in [0.25, 0.3) is 0 Å². The molecule has 94 valence electrons. The van der Waals surface area contributed by atoms with E-state index in [2.05, 4.69) is 13.8 Å². The Morgan fingerprint density at radius 3 is 2.12 bits per heavy atom. The lowest BCUT2D eigenvalue weighted by Gasteiger charge is -2.29. The molecule has 2 aliphatic rings. The van der Waals surface area contributed by atoms with Crippen LogP contribution in [0.2, 0.25) is 0 Å². The van der Waals surface area contributed by atoms with Crippen molar-refractivity contribution >= 4 is 0 Å². The summed E-state index contributed by atoms with van der Waals surface area (Å²) in [7, 11) is 0. The van der Waals surface area contributed by atoms with Gasteiger partial charge >= 0.3 is 0 Å². The Bertz CT molecular complexity index is 203. The Hall–Kier alpha value is -0.0400. The molecule has 1 heteroatoms. The van der Waals surface area contributed by atoms with Gasteiger partial charge in [0.2, 0.25) is 0 Å². The summed E-state index contributed by atoms with van der Waals surface area (Å²) in [6.07, 6.45) is 11.5. The molecule has 2 aliphatic carbocycles. The quantitative estimate of drug-likeness (QED) is 0.657. The molecule has 0 aromatic heterocycles. The molecule has 1 atom stereocenters. The van der Waals surface area contributed by atoms with Crippen molar-refractivity contribution in [3.8, 4) is 0 Å². The second-order valence-electron chi connectivity index (χ2n) is 6.33. The lowest BCUT2D eigenvalue weighted by atomic mass is 9.83. The van der Waals surface area contributed by atoms with Crippen molar-refractivity contribution in [1.82, 2.24) is 0 Å². The first-order valence-corrected chi connectivity index (χ1v) is 7.39. The van der Waals surface area contributed by atoms with Crippen molar-refractivity contribution < 1.29 is 5.11 Å². The molecule has 0 spiro atoms. The van der Waals surface area contributed by atoms with E-state index in [0.29, 0.717) is 11.8 Å². The second-order valence-corrected chi connectivity index (χ2v) is 6.33. The molecule has 0 bridgehead atoms. The van der Waals surface area contributed by atoms with Crippen LogP contribution < -0.4 is 0 Å². The standard InChI is InChI=1S/C15H28O/c1-3-4-5-12(2)10-11-15(16,13-6-7-13)14-8-9-14/h12-14,16H,3-11H2,1-2H3. The summed E-state index contributed by atoms with van der Waals surface area (Å²) in [6.45, 7) is 4.62. The van der Waals surface area contributed by atoms with Gasteiger partial charge < -0.3 is 5.11 Å². The zero-order valence-corrected chi connectivity index (χ0v) is 11.0. The lowest BCUT2D eigenvalue weighted by molar-refractivity contribution is -0.0180. The maximum absolute atomic E-state index is 10.8. The van der Waals surface area contributed by atoms with Gasteiger partial charge in [-0.2, -0.15) is 0 Å². The minimum atomic E-state index is -0.250. The zero-order valence-electron chi connectivity index (χ0n) is 11.0. The van der Waals surface area contributed by atoms with E-state index in [1.165, 1.54) is 51.4 Å². The molecule has 0 aromatic carbocycles. The first-order chi connectivity index (χ1) is 7.66. The average molecular weight is 224 g/mol. The molecular formula is C15H28O. The number of rotatable bonds is 8. The van der Waals surface area contributed by atoms with Gasteiger partial charge in [0, 0.05) is 0 Å². The fourth-order valence-corrected chi connectivity index (χ4v) is 3.08. The largest absolute Gasteiger partial charge is 0.389 e. The van der Waals surface area contributed by atoms with E-state index in [0.717, 1.165) is 12.3 Å². The van der Waals surface area contributed by atoms with Crippen LogP contribution in [0.25, 0.3) is 0 Å². The molecule has 1 unspecified atom stereocenters. The average Bonchev–Trinajstić information content (AvgIpc) is 3.12. The second kappa shape index (κ2) is 5.08. The van der Waals surface area contributed by atoms with Gasteiger partial charge in [-0.3, -0.25) is 0 Å². The van der Waals surface area contributed by atoms with Crippen molar-refractivity contribution in [3.05, 3.63) is 0 Å². The highest BCUT2D eigenvalue weighted by atomic mass is 16.3. The van der Waals surface area contributed by atoms with Crippen LogP contribution in [0.4, 0.5) is 0 Å². The van der Waals surface area contributed by atoms with Crippen LogP contribution in [0, 0.1) is 17.8 Å².